The average molecular weight is 406 g/mol. The van der Waals surface area contributed by atoms with E-state index in [1.165, 1.54) is 0 Å². The second-order valence-electron chi connectivity index (χ2n) is 8.91. The van der Waals surface area contributed by atoms with Gasteiger partial charge in [0, 0.05) is 18.7 Å². The topological polar surface area (TPSA) is 108 Å². The van der Waals surface area contributed by atoms with Crippen LogP contribution >= 0.6 is 0 Å². The molecule has 0 unspecified atom stereocenters. The first-order valence-electron chi connectivity index (χ1n) is 10.9. The fourth-order valence-electron chi connectivity index (χ4n) is 5.34. The van der Waals surface area contributed by atoms with Gasteiger partial charge in [-0.2, -0.15) is 10.4 Å². The Morgan fingerprint density at radius 2 is 2.03 bits per heavy atom. The number of amides is 1. The molecule has 0 aromatic carbocycles. The minimum absolute atomic E-state index is 0.0414. The Morgan fingerprint density at radius 3 is 2.70 bits per heavy atom. The van der Waals surface area contributed by atoms with Crippen molar-refractivity contribution >= 4 is 5.91 Å². The molecular weight excluding hydrogens is 380 g/mol. The van der Waals surface area contributed by atoms with E-state index in [1.54, 1.807) is 10.9 Å². The van der Waals surface area contributed by atoms with Crippen molar-refractivity contribution < 1.29 is 4.79 Å². The molecular formula is C22H26N6O2. The van der Waals surface area contributed by atoms with Crippen molar-refractivity contribution in [1.29, 1.82) is 5.26 Å². The minimum Gasteiger partial charge on any atom is -0.339 e. The highest BCUT2D eigenvalue weighted by molar-refractivity contribution is 5.95. The van der Waals surface area contributed by atoms with E-state index in [0.29, 0.717) is 36.2 Å². The molecule has 30 heavy (non-hydrogen) atoms. The monoisotopic (exact) mass is 406 g/mol. The van der Waals surface area contributed by atoms with Crippen LogP contribution in [0.3, 0.4) is 0 Å². The Hall–Kier alpha value is -2.95. The van der Waals surface area contributed by atoms with Crippen molar-refractivity contribution in [2.45, 2.75) is 58.3 Å². The van der Waals surface area contributed by atoms with E-state index >= 15 is 0 Å². The van der Waals surface area contributed by atoms with Gasteiger partial charge in [-0.25, -0.2) is 9.67 Å². The first kappa shape index (κ1) is 19.0. The van der Waals surface area contributed by atoms with E-state index in [1.807, 2.05) is 11.8 Å². The van der Waals surface area contributed by atoms with E-state index < -0.39 is 0 Å². The van der Waals surface area contributed by atoms with Crippen molar-refractivity contribution in [3.05, 3.63) is 39.1 Å². The maximum Gasteiger partial charge on any atom is 0.257 e. The molecule has 0 spiro atoms. The van der Waals surface area contributed by atoms with Gasteiger partial charge in [-0.05, 0) is 57.8 Å². The maximum absolute atomic E-state index is 13.1. The van der Waals surface area contributed by atoms with Gasteiger partial charge >= 0.3 is 0 Å². The number of piperidine rings is 1. The van der Waals surface area contributed by atoms with Gasteiger partial charge in [-0.1, -0.05) is 6.42 Å². The molecule has 0 atom stereocenters. The third-order valence-electron chi connectivity index (χ3n) is 7.40. The van der Waals surface area contributed by atoms with Crippen LogP contribution in [0.25, 0.3) is 5.95 Å². The van der Waals surface area contributed by atoms with Gasteiger partial charge in [-0.15, -0.1) is 0 Å². The number of H-pyrrole nitrogens is 1. The molecule has 1 amide bonds. The molecule has 3 heterocycles. The number of nitrogens with one attached hydrogen (secondary N) is 1. The maximum atomic E-state index is 13.1. The summed E-state index contributed by atoms with van der Waals surface area (Å²) in [5.74, 6) is 0.724. The number of aromatic amines is 1. The first-order chi connectivity index (χ1) is 14.5. The highest BCUT2D eigenvalue weighted by atomic mass is 16.2. The van der Waals surface area contributed by atoms with Gasteiger partial charge < -0.3 is 4.90 Å². The summed E-state index contributed by atoms with van der Waals surface area (Å²) < 4.78 is 1.55. The number of likely N-dealkylation sites (tertiary alicyclic amines) is 1. The predicted octanol–water partition coefficient (Wildman–Crippen LogP) is 2.30. The van der Waals surface area contributed by atoms with Crippen molar-refractivity contribution in [1.82, 2.24) is 24.6 Å². The van der Waals surface area contributed by atoms with Crippen LogP contribution in [0.5, 0.6) is 0 Å². The van der Waals surface area contributed by atoms with E-state index in [4.69, 9.17) is 0 Å². The zero-order valence-corrected chi connectivity index (χ0v) is 17.3. The van der Waals surface area contributed by atoms with Gasteiger partial charge in [0.25, 0.3) is 11.5 Å². The fourth-order valence-corrected chi connectivity index (χ4v) is 5.34. The fraction of sp³-hybridized carbons (Fsp3) is 0.591. The summed E-state index contributed by atoms with van der Waals surface area (Å²) >= 11 is 0. The molecule has 3 aliphatic rings. The summed E-state index contributed by atoms with van der Waals surface area (Å²) in [6, 6.07) is 2.56. The lowest BCUT2D eigenvalue weighted by molar-refractivity contribution is 0.0437. The quantitative estimate of drug-likeness (QED) is 0.841. The largest absolute Gasteiger partial charge is 0.339 e. The summed E-state index contributed by atoms with van der Waals surface area (Å²) in [6.45, 7) is 3.18. The summed E-state index contributed by atoms with van der Waals surface area (Å²) in [4.78, 5) is 34.7. The minimum atomic E-state index is -0.152. The van der Waals surface area contributed by atoms with Crippen LogP contribution in [-0.2, 0) is 12.8 Å². The molecule has 2 aliphatic carbocycles. The van der Waals surface area contributed by atoms with Gasteiger partial charge in [0.2, 0.25) is 5.95 Å². The number of hydrogen-bond acceptors (Lipinski definition) is 5. The number of carbonyl (C=O) groups excluding carboxylic acids is 1. The predicted molar refractivity (Wildman–Crippen MR) is 109 cm³/mol. The summed E-state index contributed by atoms with van der Waals surface area (Å²) in [7, 11) is 0. The molecule has 156 valence electrons. The molecule has 2 aromatic heterocycles. The Kier molecular flexibility index (Phi) is 4.49. The molecule has 1 saturated heterocycles. The van der Waals surface area contributed by atoms with Gasteiger partial charge in [-0.3, -0.25) is 14.6 Å². The van der Waals surface area contributed by atoms with Crippen molar-refractivity contribution in [2.75, 3.05) is 13.1 Å². The lowest BCUT2D eigenvalue weighted by Crippen LogP contribution is -2.45. The summed E-state index contributed by atoms with van der Waals surface area (Å²) in [5.41, 5.74) is 2.55. The van der Waals surface area contributed by atoms with Crippen LogP contribution in [0.15, 0.2) is 11.0 Å². The zero-order valence-electron chi connectivity index (χ0n) is 17.3. The van der Waals surface area contributed by atoms with Crippen molar-refractivity contribution in [3.63, 3.8) is 0 Å². The number of nitriles is 1. The van der Waals surface area contributed by atoms with E-state index in [2.05, 4.69) is 21.1 Å². The number of rotatable bonds is 3. The highest BCUT2D eigenvalue weighted by Gasteiger charge is 2.45. The third kappa shape index (κ3) is 2.87. The Bertz CT molecular complexity index is 1100. The average Bonchev–Trinajstić information content (AvgIpc) is 3.34. The molecule has 1 saturated carbocycles. The Labute approximate surface area is 174 Å². The molecule has 8 heteroatoms. The summed E-state index contributed by atoms with van der Waals surface area (Å²) in [5, 5.41) is 13.9. The lowest BCUT2D eigenvalue weighted by atomic mass is 9.59. The second kappa shape index (κ2) is 7.08. The first-order valence-corrected chi connectivity index (χ1v) is 10.9. The smallest absolute Gasteiger partial charge is 0.257 e. The van der Waals surface area contributed by atoms with Crippen LogP contribution in [0.2, 0.25) is 0 Å². The molecule has 1 N–H and O–H groups in total. The zero-order chi connectivity index (χ0) is 20.9. The van der Waals surface area contributed by atoms with Crippen LogP contribution in [0.4, 0.5) is 0 Å². The molecule has 2 fully saturated rings. The second-order valence-corrected chi connectivity index (χ2v) is 8.91. The van der Waals surface area contributed by atoms with Crippen LogP contribution in [0.1, 0.15) is 65.8 Å². The Balaban J connectivity index is 1.34. The number of hydrogen-bond donors (Lipinski definition) is 1. The van der Waals surface area contributed by atoms with Crippen LogP contribution < -0.4 is 5.56 Å². The summed E-state index contributed by atoms with van der Waals surface area (Å²) in [6.07, 6.45) is 8.99. The number of fused-ring (bicyclic) bond motifs is 1. The Morgan fingerprint density at radius 1 is 1.27 bits per heavy atom. The van der Waals surface area contributed by atoms with Gasteiger partial charge in [0.1, 0.15) is 0 Å². The molecule has 0 radical (unpaired) electrons. The molecule has 1 aliphatic heterocycles. The van der Waals surface area contributed by atoms with Gasteiger partial charge in [0.15, 0.2) is 0 Å². The van der Waals surface area contributed by atoms with Crippen LogP contribution in [-0.4, -0.2) is 43.6 Å². The molecule has 2 aromatic rings. The molecule has 8 nitrogen and oxygen atoms in total. The normalized spacial score (nSPS) is 20.5. The van der Waals surface area contributed by atoms with Crippen molar-refractivity contribution in [3.8, 4) is 12.0 Å². The van der Waals surface area contributed by atoms with Crippen molar-refractivity contribution in [2.24, 2.45) is 11.3 Å². The third-order valence-corrected chi connectivity index (χ3v) is 7.40. The van der Waals surface area contributed by atoms with E-state index in [0.717, 1.165) is 62.6 Å². The number of carbonyl (C=O) groups is 1. The highest BCUT2D eigenvalue weighted by Crippen LogP contribution is 2.50. The number of aromatic nitrogens is 4. The standard InChI is InChI=1S/C22H26N6O2/c1-14-17(12-24-28(14)21-25-18-5-2-4-16(18)19(29)26-21)20(30)27-10-6-15(7-11-27)22(13-23)8-3-9-22/h12,15H,2-11H2,1H3,(H,25,26,29). The van der Waals surface area contributed by atoms with Gasteiger partial charge in [0.05, 0.1) is 34.6 Å². The van der Waals surface area contributed by atoms with E-state index in [-0.39, 0.29) is 16.9 Å². The number of aryl methyl sites for hydroxylation is 1. The molecule has 5 rings (SSSR count). The lowest BCUT2D eigenvalue weighted by Gasteiger charge is -2.45. The molecule has 0 bridgehead atoms. The van der Waals surface area contributed by atoms with E-state index in [9.17, 15) is 14.9 Å². The van der Waals surface area contributed by atoms with Crippen LogP contribution in [0, 0.1) is 29.6 Å². The SMILES string of the molecule is Cc1c(C(=O)N2CCC(C3(C#N)CCC3)CC2)cnn1-c1nc2c(c(=O)[nH]1)CCC2. The number of nitrogens with zero attached hydrogens (tertiary/aromatic N) is 5.